The van der Waals surface area contributed by atoms with Gasteiger partial charge >= 0.3 is 0 Å². The third-order valence-corrected chi connectivity index (χ3v) is 5.43. The van der Waals surface area contributed by atoms with Crippen LogP contribution in [0.5, 0.6) is 17.2 Å². The molecule has 0 amide bonds. The van der Waals surface area contributed by atoms with Gasteiger partial charge < -0.3 is 20.3 Å². The molecule has 0 saturated heterocycles. The molecule has 0 spiro atoms. The summed E-state index contributed by atoms with van der Waals surface area (Å²) in [6.45, 7) is 5.60. The number of rotatable bonds is 5. The van der Waals surface area contributed by atoms with E-state index in [1.54, 1.807) is 20.0 Å². The summed E-state index contributed by atoms with van der Waals surface area (Å²) in [5.41, 5.74) is 1.38. The Morgan fingerprint density at radius 1 is 1.32 bits per heavy atom. The van der Waals surface area contributed by atoms with Crippen LogP contribution < -0.4 is 10.1 Å². The first-order valence-corrected chi connectivity index (χ1v) is 9.39. The maximum absolute atomic E-state index is 15.0. The molecule has 1 aromatic heterocycles. The minimum atomic E-state index is -0.707. The summed E-state index contributed by atoms with van der Waals surface area (Å²) in [4.78, 5) is 8.75. The first-order chi connectivity index (χ1) is 13.3. The van der Waals surface area contributed by atoms with Crippen molar-refractivity contribution in [1.29, 1.82) is 0 Å². The molecule has 1 aliphatic rings. The number of benzene rings is 1. The van der Waals surface area contributed by atoms with Gasteiger partial charge in [-0.3, -0.25) is 0 Å². The quantitative estimate of drug-likeness (QED) is 0.651. The Morgan fingerprint density at radius 2 is 2.07 bits per heavy atom. The van der Waals surface area contributed by atoms with Gasteiger partial charge in [-0.15, -0.1) is 0 Å². The van der Waals surface area contributed by atoms with Crippen LogP contribution >= 0.6 is 0 Å². The first kappa shape index (κ1) is 19.9. The third kappa shape index (κ3) is 3.88. The van der Waals surface area contributed by atoms with Crippen molar-refractivity contribution in [3.05, 3.63) is 34.6 Å². The number of methoxy groups -OCH3 is 1. The van der Waals surface area contributed by atoms with E-state index >= 15 is 0 Å². The number of phenols is 2. The first-order valence-electron chi connectivity index (χ1n) is 9.39. The monoisotopic (exact) mass is 387 g/mol. The maximum Gasteiger partial charge on any atom is 0.223 e. The highest BCUT2D eigenvalue weighted by Gasteiger charge is 2.24. The SMILES string of the molecule is COc1cc(O)c(O)c(/C(F)=C/c2cnc(N[C@H]3CCC[C@H]3C)nc2C)c1C. The van der Waals surface area contributed by atoms with E-state index in [9.17, 15) is 14.6 Å². The minimum absolute atomic E-state index is 0.113. The second-order valence-corrected chi connectivity index (χ2v) is 7.33. The van der Waals surface area contributed by atoms with Crippen molar-refractivity contribution < 1.29 is 19.3 Å². The Balaban J connectivity index is 1.90. The van der Waals surface area contributed by atoms with Crippen molar-refractivity contribution in [3.8, 4) is 17.2 Å². The van der Waals surface area contributed by atoms with Crippen LogP contribution in [0, 0.1) is 19.8 Å². The molecule has 0 radical (unpaired) electrons. The lowest BCUT2D eigenvalue weighted by molar-refractivity contribution is 0.382. The van der Waals surface area contributed by atoms with Crippen molar-refractivity contribution in [3.63, 3.8) is 0 Å². The number of nitrogens with one attached hydrogen (secondary N) is 1. The molecule has 7 heteroatoms. The molecule has 1 saturated carbocycles. The molecule has 1 aromatic carbocycles. The van der Waals surface area contributed by atoms with E-state index in [0.717, 1.165) is 6.42 Å². The lowest BCUT2D eigenvalue weighted by Crippen LogP contribution is -2.23. The van der Waals surface area contributed by atoms with Gasteiger partial charge in [0.15, 0.2) is 11.5 Å². The average molecular weight is 387 g/mol. The Bertz CT molecular complexity index is 914. The second-order valence-electron chi connectivity index (χ2n) is 7.33. The van der Waals surface area contributed by atoms with E-state index in [4.69, 9.17) is 4.74 Å². The van der Waals surface area contributed by atoms with Crippen molar-refractivity contribution >= 4 is 17.9 Å². The molecule has 2 aromatic rings. The molecule has 3 N–H and O–H groups in total. The van der Waals surface area contributed by atoms with Crippen molar-refractivity contribution in [2.45, 2.75) is 46.1 Å². The molecule has 6 nitrogen and oxygen atoms in total. The normalized spacial score (nSPS) is 19.7. The van der Waals surface area contributed by atoms with Crippen LogP contribution in [0.3, 0.4) is 0 Å². The fourth-order valence-electron chi connectivity index (χ4n) is 3.66. The van der Waals surface area contributed by atoms with E-state index in [2.05, 4.69) is 22.2 Å². The van der Waals surface area contributed by atoms with E-state index in [1.807, 2.05) is 0 Å². The fraction of sp³-hybridized carbons (Fsp3) is 0.429. The summed E-state index contributed by atoms with van der Waals surface area (Å²) in [6, 6.07) is 1.61. The number of hydrogen-bond acceptors (Lipinski definition) is 6. The van der Waals surface area contributed by atoms with Crippen LogP contribution in [0.25, 0.3) is 11.9 Å². The standard InChI is InChI=1S/C21H26FN3O3/c1-11-6-5-7-16(11)25-21-23-10-14(13(3)24-21)8-15(22)19-12(2)18(28-4)9-17(26)20(19)27/h8-11,16,26-27H,5-7H2,1-4H3,(H,23,24,25)/b15-8-/t11-,16+/m1/s1. The van der Waals surface area contributed by atoms with Crippen molar-refractivity contribution in [1.82, 2.24) is 9.97 Å². The molecule has 2 atom stereocenters. The van der Waals surface area contributed by atoms with E-state index < -0.39 is 17.3 Å². The van der Waals surface area contributed by atoms with Crippen molar-refractivity contribution in [2.24, 2.45) is 5.92 Å². The zero-order chi connectivity index (χ0) is 20.4. The highest BCUT2D eigenvalue weighted by Crippen LogP contribution is 2.42. The Kier molecular flexibility index (Phi) is 5.72. The van der Waals surface area contributed by atoms with E-state index in [1.165, 1.54) is 32.1 Å². The summed E-state index contributed by atoms with van der Waals surface area (Å²) < 4.78 is 20.1. The number of hydrogen-bond donors (Lipinski definition) is 3. The Morgan fingerprint density at radius 3 is 2.68 bits per heavy atom. The number of ether oxygens (including phenoxy) is 1. The fourth-order valence-corrected chi connectivity index (χ4v) is 3.66. The molecular weight excluding hydrogens is 361 g/mol. The van der Waals surface area contributed by atoms with Gasteiger partial charge in [0, 0.05) is 29.4 Å². The molecule has 150 valence electrons. The highest BCUT2D eigenvalue weighted by atomic mass is 19.1. The van der Waals surface area contributed by atoms with Gasteiger partial charge in [-0.2, -0.15) is 0 Å². The van der Waals surface area contributed by atoms with Gasteiger partial charge in [-0.1, -0.05) is 13.3 Å². The number of halogens is 1. The molecule has 3 rings (SSSR count). The summed E-state index contributed by atoms with van der Waals surface area (Å²) in [7, 11) is 1.42. The maximum atomic E-state index is 15.0. The number of aromatic nitrogens is 2. The topological polar surface area (TPSA) is 87.5 Å². The number of phenolic OH excluding ortho intramolecular Hbond substituents is 2. The largest absolute Gasteiger partial charge is 0.504 e. The van der Waals surface area contributed by atoms with Crippen molar-refractivity contribution in [2.75, 3.05) is 12.4 Å². The smallest absolute Gasteiger partial charge is 0.223 e. The molecular formula is C21H26FN3O3. The van der Waals surface area contributed by atoms with Crippen LogP contribution in [0.2, 0.25) is 0 Å². The van der Waals surface area contributed by atoms with Gasteiger partial charge in [-0.05, 0) is 38.7 Å². The molecule has 0 bridgehead atoms. The van der Waals surface area contributed by atoms with E-state index in [0.29, 0.717) is 34.7 Å². The molecule has 1 heterocycles. The van der Waals surface area contributed by atoms with Crippen LogP contribution in [0.1, 0.15) is 48.6 Å². The van der Waals surface area contributed by atoms with Crippen LogP contribution in [0.15, 0.2) is 12.3 Å². The van der Waals surface area contributed by atoms with Gasteiger partial charge in [0.25, 0.3) is 0 Å². The molecule has 0 unspecified atom stereocenters. The number of aryl methyl sites for hydroxylation is 1. The molecule has 1 fully saturated rings. The Labute approximate surface area is 164 Å². The predicted octanol–water partition coefficient (Wildman–Crippen LogP) is 4.58. The van der Waals surface area contributed by atoms with Crippen LogP contribution in [-0.2, 0) is 0 Å². The number of nitrogens with zero attached hydrogens (tertiary/aromatic N) is 2. The molecule has 0 aliphatic heterocycles. The van der Waals surface area contributed by atoms with E-state index in [-0.39, 0.29) is 11.3 Å². The second kappa shape index (κ2) is 8.04. The van der Waals surface area contributed by atoms with Gasteiger partial charge in [0.1, 0.15) is 11.6 Å². The average Bonchev–Trinajstić information content (AvgIpc) is 3.05. The lowest BCUT2D eigenvalue weighted by Gasteiger charge is -2.17. The Hall–Kier alpha value is -2.83. The highest BCUT2D eigenvalue weighted by molar-refractivity contribution is 5.83. The third-order valence-electron chi connectivity index (χ3n) is 5.43. The van der Waals surface area contributed by atoms with Gasteiger partial charge in [0.05, 0.1) is 18.4 Å². The minimum Gasteiger partial charge on any atom is -0.504 e. The number of anilines is 1. The zero-order valence-electron chi connectivity index (χ0n) is 16.6. The molecule has 28 heavy (non-hydrogen) atoms. The number of aromatic hydroxyl groups is 2. The predicted molar refractivity (Wildman–Crippen MR) is 107 cm³/mol. The summed E-state index contributed by atoms with van der Waals surface area (Å²) >= 11 is 0. The van der Waals surface area contributed by atoms with Gasteiger partial charge in [-0.25, -0.2) is 14.4 Å². The summed E-state index contributed by atoms with van der Waals surface area (Å²) in [5, 5.41) is 23.3. The van der Waals surface area contributed by atoms with Crippen LogP contribution in [0.4, 0.5) is 10.3 Å². The van der Waals surface area contributed by atoms with Crippen LogP contribution in [-0.4, -0.2) is 33.3 Å². The molecule has 1 aliphatic carbocycles. The summed E-state index contributed by atoms with van der Waals surface area (Å²) in [6.07, 6.45) is 6.28. The van der Waals surface area contributed by atoms with Gasteiger partial charge in [0.2, 0.25) is 5.95 Å². The lowest BCUT2D eigenvalue weighted by atomic mass is 10.0. The zero-order valence-corrected chi connectivity index (χ0v) is 16.6. The summed E-state index contributed by atoms with van der Waals surface area (Å²) in [5.74, 6) is -0.286.